The van der Waals surface area contributed by atoms with E-state index in [1.807, 2.05) is 0 Å². The Morgan fingerprint density at radius 3 is 1.10 bits per heavy atom. The first-order chi connectivity index (χ1) is 19.7. The van der Waals surface area contributed by atoms with Crippen LogP contribution in [0.15, 0.2) is 85.1 Å². The van der Waals surface area contributed by atoms with Gasteiger partial charge in [-0.05, 0) is 83.7 Å². The number of rotatable bonds is 28. The molecule has 0 aromatic rings. The smallest absolute Gasteiger partial charge is 0.0786 e. The topological polar surface area (TPSA) is 117 Å². The number of allylic oxidation sites excluding steroid dienone is 12. The van der Waals surface area contributed by atoms with Gasteiger partial charge in [-0.25, -0.2) is 0 Å². The van der Waals surface area contributed by atoms with Crippen molar-refractivity contribution in [3.05, 3.63) is 85.1 Å². The lowest BCUT2D eigenvalue weighted by Crippen LogP contribution is -2.32. The first kappa shape index (κ1) is 37.9. The Morgan fingerprint density at radius 1 is 0.425 bits per heavy atom. The molecule has 0 aliphatic carbocycles. The van der Waals surface area contributed by atoms with Crippen molar-refractivity contribution in [2.24, 2.45) is 11.5 Å². The highest BCUT2D eigenvalue weighted by Gasteiger charge is 1.98. The Morgan fingerprint density at radius 2 is 0.725 bits per heavy atom. The minimum Gasteiger partial charge on any atom is -0.390 e. The molecule has 0 fully saturated rings. The highest BCUT2D eigenvalue weighted by atomic mass is 16.3. The van der Waals surface area contributed by atoms with E-state index in [2.05, 4.69) is 95.7 Å². The quantitative estimate of drug-likeness (QED) is 0.0569. The van der Waals surface area contributed by atoms with Crippen molar-refractivity contribution in [1.29, 1.82) is 0 Å². The molecule has 6 heteroatoms. The fourth-order valence-electron chi connectivity index (χ4n) is 3.60. The first-order valence-electron chi connectivity index (χ1n) is 15.4. The summed E-state index contributed by atoms with van der Waals surface area (Å²) >= 11 is 0. The van der Waals surface area contributed by atoms with Crippen LogP contribution < -0.4 is 22.1 Å². The molecule has 0 rings (SSSR count). The van der Waals surface area contributed by atoms with Gasteiger partial charge in [-0.3, -0.25) is 0 Å². The van der Waals surface area contributed by atoms with Crippen LogP contribution in [-0.4, -0.2) is 61.7 Å². The van der Waals surface area contributed by atoms with Gasteiger partial charge in [-0.2, -0.15) is 0 Å². The first-order valence-corrected chi connectivity index (χ1v) is 15.4. The van der Waals surface area contributed by atoms with Gasteiger partial charge < -0.3 is 32.3 Å². The monoisotopic (exact) mass is 556 g/mol. The van der Waals surface area contributed by atoms with Crippen LogP contribution in [0.2, 0.25) is 0 Å². The molecule has 228 valence electrons. The Bertz CT molecular complexity index is 725. The number of aliphatic hydroxyl groups is 2. The second kappa shape index (κ2) is 33.1. The van der Waals surface area contributed by atoms with Crippen LogP contribution in [-0.2, 0) is 0 Å². The highest BCUT2D eigenvalue weighted by molar-refractivity contribution is 5.01. The molecule has 0 radical (unpaired) electrons. The van der Waals surface area contributed by atoms with Gasteiger partial charge >= 0.3 is 0 Å². The summed E-state index contributed by atoms with van der Waals surface area (Å²) in [4.78, 5) is 0. The molecule has 8 N–H and O–H groups in total. The summed E-state index contributed by atoms with van der Waals surface area (Å²) in [6.45, 7) is 3.52. The lowest BCUT2D eigenvalue weighted by molar-refractivity contribution is 0.180. The Hall–Kier alpha value is -2.06. The maximum Gasteiger partial charge on any atom is 0.0786 e. The third-order valence-electron chi connectivity index (χ3n) is 6.05. The molecule has 40 heavy (non-hydrogen) atoms. The average Bonchev–Trinajstić information content (AvgIpc) is 2.97. The summed E-state index contributed by atoms with van der Waals surface area (Å²) in [5, 5.41) is 25.1. The van der Waals surface area contributed by atoms with Crippen molar-refractivity contribution < 1.29 is 10.2 Å². The molecule has 2 atom stereocenters. The van der Waals surface area contributed by atoms with Crippen LogP contribution in [0.5, 0.6) is 0 Å². The molecule has 0 aromatic carbocycles. The largest absolute Gasteiger partial charge is 0.390 e. The standard InChI is InChI=1S/C34H60N4O2/c35-29-33(39)31-37-27-25-23-21-19-17-15-13-11-9-7-5-3-1-2-4-6-8-10-12-14-16-18-20-22-24-26-28-38-32-34(40)30-36/h1,3-4,6-7,9-10,12,16,18,21-24,33-34,37-40H,2,5,8,11,13-15,17,19-20,25-32,35-36H2/b3-1-,6-4-,9-7-,12-10-,18-16-,23-21-,24-22-. The van der Waals surface area contributed by atoms with Gasteiger partial charge in [-0.15, -0.1) is 0 Å². The second-order valence-corrected chi connectivity index (χ2v) is 9.88. The predicted molar refractivity (Wildman–Crippen MR) is 175 cm³/mol. The third-order valence-corrected chi connectivity index (χ3v) is 6.05. The molecule has 2 unspecified atom stereocenters. The van der Waals surface area contributed by atoms with Crippen molar-refractivity contribution in [2.45, 2.75) is 89.3 Å². The van der Waals surface area contributed by atoms with Crippen molar-refractivity contribution in [2.75, 3.05) is 39.3 Å². The lowest BCUT2D eigenvalue weighted by Gasteiger charge is -2.07. The number of nitrogens with two attached hydrogens (primary N) is 2. The molecule has 0 saturated carbocycles. The van der Waals surface area contributed by atoms with Gasteiger partial charge in [0.2, 0.25) is 0 Å². The molecule has 6 nitrogen and oxygen atoms in total. The van der Waals surface area contributed by atoms with Crippen LogP contribution in [0, 0.1) is 0 Å². The normalized spacial score (nSPS) is 14.6. The molecule has 0 amide bonds. The maximum atomic E-state index is 9.35. The van der Waals surface area contributed by atoms with Gasteiger partial charge in [0, 0.05) is 26.2 Å². The predicted octanol–water partition coefficient (Wildman–Crippen LogP) is 5.38. The highest BCUT2D eigenvalue weighted by Crippen LogP contribution is 2.05. The number of nitrogens with one attached hydrogen (secondary N) is 2. The third kappa shape index (κ3) is 32.2. The molecule has 0 aliphatic heterocycles. The number of hydrogen-bond donors (Lipinski definition) is 6. The van der Waals surface area contributed by atoms with Gasteiger partial charge in [0.1, 0.15) is 0 Å². The lowest BCUT2D eigenvalue weighted by atomic mass is 10.1. The van der Waals surface area contributed by atoms with E-state index in [0.717, 1.165) is 64.5 Å². The van der Waals surface area contributed by atoms with Crippen molar-refractivity contribution in [1.82, 2.24) is 10.6 Å². The summed E-state index contributed by atoms with van der Waals surface area (Å²) in [6.07, 6.45) is 43.3. The zero-order chi connectivity index (χ0) is 29.2. The van der Waals surface area contributed by atoms with Crippen LogP contribution in [0.25, 0.3) is 0 Å². The fourth-order valence-corrected chi connectivity index (χ4v) is 3.60. The van der Waals surface area contributed by atoms with E-state index < -0.39 is 12.2 Å². The molecule has 0 saturated heterocycles. The van der Waals surface area contributed by atoms with E-state index in [4.69, 9.17) is 11.5 Å². The summed E-state index contributed by atoms with van der Waals surface area (Å²) < 4.78 is 0. The molecule has 0 heterocycles. The van der Waals surface area contributed by atoms with Crippen LogP contribution in [0.3, 0.4) is 0 Å². The molecular formula is C34H60N4O2. The Kier molecular flexibility index (Phi) is 31.4. The minimum absolute atomic E-state index is 0.306. The van der Waals surface area contributed by atoms with E-state index in [-0.39, 0.29) is 0 Å². The Balaban J connectivity index is 3.47. The van der Waals surface area contributed by atoms with E-state index >= 15 is 0 Å². The zero-order valence-corrected chi connectivity index (χ0v) is 25.0. The second-order valence-electron chi connectivity index (χ2n) is 9.88. The van der Waals surface area contributed by atoms with Crippen molar-refractivity contribution >= 4 is 0 Å². The van der Waals surface area contributed by atoms with Gasteiger partial charge in [0.25, 0.3) is 0 Å². The maximum absolute atomic E-state index is 9.35. The van der Waals surface area contributed by atoms with Crippen LogP contribution in [0.1, 0.15) is 77.0 Å². The summed E-state index contributed by atoms with van der Waals surface area (Å²) in [5.74, 6) is 0. The van der Waals surface area contributed by atoms with Crippen LogP contribution in [0.4, 0.5) is 0 Å². The molecule has 0 bridgehead atoms. The summed E-state index contributed by atoms with van der Waals surface area (Å²) in [6, 6.07) is 0. The van der Waals surface area contributed by atoms with E-state index in [0.29, 0.717) is 26.2 Å². The van der Waals surface area contributed by atoms with Gasteiger partial charge in [-0.1, -0.05) is 91.5 Å². The summed E-state index contributed by atoms with van der Waals surface area (Å²) in [5.41, 5.74) is 10.7. The van der Waals surface area contributed by atoms with Crippen LogP contribution >= 0.6 is 0 Å². The molecular weight excluding hydrogens is 496 g/mol. The average molecular weight is 557 g/mol. The molecule has 0 aliphatic rings. The summed E-state index contributed by atoms with van der Waals surface area (Å²) in [7, 11) is 0. The van der Waals surface area contributed by atoms with Crippen molar-refractivity contribution in [3.8, 4) is 0 Å². The van der Waals surface area contributed by atoms with Gasteiger partial charge in [0.15, 0.2) is 0 Å². The number of aliphatic hydroxyl groups excluding tert-OH is 2. The molecule has 0 aromatic heterocycles. The zero-order valence-electron chi connectivity index (χ0n) is 25.0. The number of hydrogen-bond acceptors (Lipinski definition) is 6. The van der Waals surface area contributed by atoms with E-state index in [1.165, 1.54) is 25.7 Å². The minimum atomic E-state index is -0.444. The van der Waals surface area contributed by atoms with Crippen molar-refractivity contribution in [3.63, 3.8) is 0 Å². The SMILES string of the molecule is NCC(O)CNCC/C=C\C/C=C\C/C=C\C/C=C\C/C=C\C/C=C\CCCCC/C=C\CCNCC(O)CN. The fraction of sp³-hybridized carbons (Fsp3) is 0.588. The Labute approximate surface area is 245 Å². The van der Waals surface area contributed by atoms with E-state index in [1.54, 1.807) is 0 Å². The molecule has 0 spiro atoms. The van der Waals surface area contributed by atoms with E-state index in [9.17, 15) is 10.2 Å². The number of unbranched alkanes of at least 4 members (excludes halogenated alkanes) is 4. The van der Waals surface area contributed by atoms with Gasteiger partial charge in [0.05, 0.1) is 12.2 Å².